The summed E-state index contributed by atoms with van der Waals surface area (Å²) in [6.45, 7) is 7.93. The highest BCUT2D eigenvalue weighted by atomic mass is 19.4. The zero-order valence-electron chi connectivity index (χ0n) is 12.1. The number of hydrogen-bond acceptors (Lipinski definition) is 1. The highest BCUT2D eigenvalue weighted by Crippen LogP contribution is 2.37. The first-order valence-corrected chi connectivity index (χ1v) is 6.56. The van der Waals surface area contributed by atoms with Crippen molar-refractivity contribution in [1.29, 1.82) is 0 Å². The Labute approximate surface area is 113 Å². The van der Waals surface area contributed by atoms with Gasteiger partial charge >= 0.3 is 6.18 Å². The minimum atomic E-state index is -4.28. The minimum absolute atomic E-state index is 0.0619. The number of alkyl halides is 3. The van der Waals surface area contributed by atoms with Crippen molar-refractivity contribution >= 4 is 0 Å². The molecule has 19 heavy (non-hydrogen) atoms. The maximum atomic E-state index is 13.0. The fourth-order valence-electron chi connectivity index (χ4n) is 2.21. The van der Waals surface area contributed by atoms with Gasteiger partial charge in [0.1, 0.15) is 6.04 Å². The first-order chi connectivity index (χ1) is 8.68. The first-order valence-electron chi connectivity index (χ1n) is 6.56. The molecule has 1 N–H and O–H groups in total. The Morgan fingerprint density at radius 1 is 0.947 bits per heavy atom. The summed E-state index contributed by atoms with van der Waals surface area (Å²) in [4.78, 5) is 0. The van der Waals surface area contributed by atoms with Gasteiger partial charge in [-0.2, -0.15) is 13.2 Å². The molecular weight excluding hydrogens is 251 g/mol. The van der Waals surface area contributed by atoms with Crippen LogP contribution in [0.25, 0.3) is 0 Å². The topological polar surface area (TPSA) is 12.0 Å². The molecule has 0 spiro atoms. The third-order valence-corrected chi connectivity index (χ3v) is 3.33. The highest BCUT2D eigenvalue weighted by molar-refractivity contribution is 5.38. The van der Waals surface area contributed by atoms with Crippen molar-refractivity contribution in [2.75, 3.05) is 7.05 Å². The molecule has 4 heteroatoms. The van der Waals surface area contributed by atoms with E-state index in [0.717, 1.165) is 11.1 Å². The molecule has 0 radical (unpaired) electrons. The summed E-state index contributed by atoms with van der Waals surface area (Å²) in [7, 11) is 1.35. The van der Waals surface area contributed by atoms with Crippen molar-refractivity contribution in [1.82, 2.24) is 5.32 Å². The molecule has 0 bridgehead atoms. The molecule has 1 aromatic carbocycles. The lowest BCUT2D eigenvalue weighted by Gasteiger charge is -2.25. The average molecular weight is 273 g/mol. The average Bonchev–Trinajstić information content (AvgIpc) is 2.27. The van der Waals surface area contributed by atoms with E-state index in [1.807, 2.05) is 33.8 Å². The zero-order valence-corrected chi connectivity index (χ0v) is 12.1. The van der Waals surface area contributed by atoms with Crippen molar-refractivity contribution in [3.05, 3.63) is 34.9 Å². The van der Waals surface area contributed by atoms with Gasteiger partial charge in [0.2, 0.25) is 0 Å². The summed E-state index contributed by atoms with van der Waals surface area (Å²) in [6.07, 6.45) is -4.28. The SMILES string of the molecule is CNC(c1ccc(C(C)C)cc1C(C)C)C(F)(F)F. The van der Waals surface area contributed by atoms with Gasteiger partial charge in [-0.25, -0.2) is 0 Å². The van der Waals surface area contributed by atoms with Crippen LogP contribution in [-0.4, -0.2) is 13.2 Å². The summed E-state index contributed by atoms with van der Waals surface area (Å²) in [5.74, 6) is 0.373. The smallest absolute Gasteiger partial charge is 0.306 e. The number of nitrogens with one attached hydrogen (secondary N) is 1. The van der Waals surface area contributed by atoms with Gasteiger partial charge in [0, 0.05) is 0 Å². The lowest BCUT2D eigenvalue weighted by molar-refractivity contribution is -0.156. The number of rotatable bonds is 4. The second-order valence-corrected chi connectivity index (χ2v) is 5.46. The van der Waals surface area contributed by atoms with E-state index in [-0.39, 0.29) is 5.92 Å². The molecule has 1 rings (SSSR count). The van der Waals surface area contributed by atoms with Crippen LogP contribution in [0, 0.1) is 0 Å². The maximum absolute atomic E-state index is 13.0. The Kier molecular flexibility index (Phi) is 5.02. The van der Waals surface area contributed by atoms with Crippen LogP contribution in [0.5, 0.6) is 0 Å². The van der Waals surface area contributed by atoms with Gasteiger partial charge in [-0.15, -0.1) is 0 Å². The maximum Gasteiger partial charge on any atom is 0.407 e. The van der Waals surface area contributed by atoms with Crippen LogP contribution < -0.4 is 5.32 Å². The number of halogens is 3. The summed E-state index contributed by atoms with van der Waals surface area (Å²) in [5, 5.41) is 2.38. The van der Waals surface area contributed by atoms with Crippen LogP contribution in [0.15, 0.2) is 18.2 Å². The van der Waals surface area contributed by atoms with E-state index in [4.69, 9.17) is 0 Å². The van der Waals surface area contributed by atoms with Gasteiger partial charge in [-0.05, 0) is 35.6 Å². The molecule has 0 amide bonds. The van der Waals surface area contributed by atoms with Crippen molar-refractivity contribution in [2.24, 2.45) is 0 Å². The molecule has 0 saturated heterocycles. The summed E-state index contributed by atoms with van der Waals surface area (Å²) >= 11 is 0. The summed E-state index contributed by atoms with van der Waals surface area (Å²) < 4.78 is 39.1. The lowest BCUT2D eigenvalue weighted by atomic mass is 9.88. The molecule has 1 unspecified atom stereocenters. The van der Waals surface area contributed by atoms with E-state index in [1.165, 1.54) is 7.05 Å². The standard InChI is InChI=1S/C15H22F3N/c1-9(2)11-6-7-12(13(8-11)10(3)4)14(19-5)15(16,17)18/h6-10,14,19H,1-5H3. The Bertz CT molecular complexity index is 422. The molecule has 0 saturated carbocycles. The fraction of sp³-hybridized carbons (Fsp3) is 0.600. The van der Waals surface area contributed by atoms with E-state index >= 15 is 0 Å². The molecule has 0 aliphatic heterocycles. The van der Waals surface area contributed by atoms with E-state index < -0.39 is 12.2 Å². The molecule has 1 atom stereocenters. The van der Waals surface area contributed by atoms with Gasteiger partial charge in [0.15, 0.2) is 0 Å². The van der Waals surface area contributed by atoms with Crippen LogP contribution in [0.4, 0.5) is 13.2 Å². The Morgan fingerprint density at radius 3 is 1.89 bits per heavy atom. The molecular formula is C15H22F3N. The van der Waals surface area contributed by atoms with E-state index in [0.29, 0.717) is 11.5 Å². The van der Waals surface area contributed by atoms with Gasteiger partial charge in [-0.3, -0.25) is 0 Å². The molecule has 1 nitrogen and oxygen atoms in total. The molecule has 0 fully saturated rings. The lowest BCUT2D eigenvalue weighted by Crippen LogP contribution is -2.32. The van der Waals surface area contributed by atoms with Crippen LogP contribution >= 0.6 is 0 Å². The van der Waals surface area contributed by atoms with Crippen molar-refractivity contribution < 1.29 is 13.2 Å². The van der Waals surface area contributed by atoms with Crippen LogP contribution in [0.1, 0.15) is 62.3 Å². The molecule has 0 aliphatic rings. The Balaban J connectivity index is 3.34. The van der Waals surface area contributed by atoms with Gasteiger partial charge in [-0.1, -0.05) is 45.9 Å². The van der Waals surface area contributed by atoms with Gasteiger partial charge in [0.25, 0.3) is 0 Å². The van der Waals surface area contributed by atoms with Crippen LogP contribution in [0.2, 0.25) is 0 Å². The normalized spacial score (nSPS) is 14.2. The number of hydrogen-bond donors (Lipinski definition) is 1. The van der Waals surface area contributed by atoms with Crippen molar-refractivity contribution in [2.45, 2.75) is 51.7 Å². The Hall–Kier alpha value is -1.03. The molecule has 108 valence electrons. The first kappa shape index (κ1) is 16.0. The number of benzene rings is 1. The second-order valence-electron chi connectivity index (χ2n) is 5.46. The molecule has 1 aromatic rings. The predicted molar refractivity (Wildman–Crippen MR) is 72.5 cm³/mol. The second kappa shape index (κ2) is 5.95. The van der Waals surface area contributed by atoms with E-state index in [9.17, 15) is 13.2 Å². The molecule has 0 aliphatic carbocycles. The van der Waals surface area contributed by atoms with Gasteiger partial charge in [0.05, 0.1) is 0 Å². The summed E-state index contributed by atoms with van der Waals surface area (Å²) in [5.41, 5.74) is 2.17. The predicted octanol–water partition coefficient (Wildman–Crippen LogP) is 4.76. The van der Waals surface area contributed by atoms with E-state index in [2.05, 4.69) is 5.32 Å². The quantitative estimate of drug-likeness (QED) is 0.834. The zero-order chi connectivity index (χ0) is 14.8. The fourth-order valence-corrected chi connectivity index (χ4v) is 2.21. The van der Waals surface area contributed by atoms with Crippen LogP contribution in [0.3, 0.4) is 0 Å². The minimum Gasteiger partial charge on any atom is -0.306 e. The monoisotopic (exact) mass is 273 g/mol. The largest absolute Gasteiger partial charge is 0.407 e. The van der Waals surface area contributed by atoms with E-state index in [1.54, 1.807) is 12.1 Å². The third kappa shape index (κ3) is 3.72. The molecule has 0 aromatic heterocycles. The third-order valence-electron chi connectivity index (χ3n) is 3.33. The van der Waals surface area contributed by atoms with Crippen LogP contribution in [-0.2, 0) is 0 Å². The van der Waals surface area contributed by atoms with Crippen molar-refractivity contribution in [3.8, 4) is 0 Å². The molecule has 0 heterocycles. The highest BCUT2D eigenvalue weighted by Gasteiger charge is 2.40. The van der Waals surface area contributed by atoms with Crippen molar-refractivity contribution in [3.63, 3.8) is 0 Å². The summed E-state index contributed by atoms with van der Waals surface area (Å²) in [6, 6.07) is 3.70. The van der Waals surface area contributed by atoms with Gasteiger partial charge < -0.3 is 5.32 Å². The Morgan fingerprint density at radius 2 is 1.53 bits per heavy atom.